The first-order chi connectivity index (χ1) is 11.6. The molecule has 0 unspecified atom stereocenters. The third-order valence-electron chi connectivity index (χ3n) is 3.49. The van der Waals surface area contributed by atoms with Gasteiger partial charge in [-0.3, -0.25) is 4.79 Å². The van der Waals surface area contributed by atoms with E-state index < -0.39 is 0 Å². The molecule has 126 valence electrons. The maximum atomic E-state index is 12.3. The van der Waals surface area contributed by atoms with E-state index in [4.69, 9.17) is 9.47 Å². The molecule has 0 radical (unpaired) electrons. The minimum Gasteiger partial charge on any atom is -0.508 e. The van der Waals surface area contributed by atoms with E-state index in [2.05, 4.69) is 0 Å². The topological polar surface area (TPSA) is 55.8 Å². The van der Waals surface area contributed by atoms with Gasteiger partial charge in [-0.15, -0.1) is 0 Å². The molecule has 2 aromatic carbocycles. The van der Waals surface area contributed by atoms with Crippen LogP contribution < -0.4 is 9.47 Å². The van der Waals surface area contributed by atoms with Crippen molar-refractivity contribution in [3.8, 4) is 17.2 Å². The van der Waals surface area contributed by atoms with E-state index >= 15 is 0 Å². The van der Waals surface area contributed by atoms with Gasteiger partial charge in [0.15, 0.2) is 5.78 Å². The van der Waals surface area contributed by atoms with Crippen molar-refractivity contribution < 1.29 is 19.4 Å². The number of phenolic OH excluding ortho intramolecular Hbond substituents is 1. The van der Waals surface area contributed by atoms with Crippen LogP contribution in [0.5, 0.6) is 17.2 Å². The third kappa shape index (κ3) is 4.16. The highest BCUT2D eigenvalue weighted by Crippen LogP contribution is 2.33. The molecule has 2 aromatic rings. The minimum atomic E-state index is -0.151. The van der Waals surface area contributed by atoms with Gasteiger partial charge in [-0.1, -0.05) is 6.07 Å². The van der Waals surface area contributed by atoms with Gasteiger partial charge in [0.1, 0.15) is 17.2 Å². The average Bonchev–Trinajstić information content (AvgIpc) is 2.58. The quantitative estimate of drug-likeness (QED) is 0.605. The summed E-state index contributed by atoms with van der Waals surface area (Å²) in [4.78, 5) is 12.3. The van der Waals surface area contributed by atoms with Crippen LogP contribution in [0.1, 0.15) is 35.3 Å². The molecular formula is C20H22O4. The van der Waals surface area contributed by atoms with Crippen LogP contribution in [-0.2, 0) is 0 Å². The Bertz CT molecular complexity index is 730. The second-order valence-corrected chi connectivity index (χ2v) is 5.23. The summed E-state index contributed by atoms with van der Waals surface area (Å²) < 4.78 is 11.4. The first-order valence-corrected chi connectivity index (χ1v) is 7.97. The van der Waals surface area contributed by atoms with Crippen LogP contribution >= 0.6 is 0 Å². The smallest absolute Gasteiger partial charge is 0.185 e. The Labute approximate surface area is 142 Å². The number of hydrogen-bond donors (Lipinski definition) is 1. The second-order valence-electron chi connectivity index (χ2n) is 5.23. The summed E-state index contributed by atoms with van der Waals surface area (Å²) in [6.07, 6.45) is 3.21. The molecule has 0 aliphatic heterocycles. The van der Waals surface area contributed by atoms with Gasteiger partial charge in [0.25, 0.3) is 0 Å². The van der Waals surface area contributed by atoms with E-state index in [1.807, 2.05) is 32.9 Å². The number of ether oxygens (including phenoxy) is 2. The number of carbonyl (C=O) groups excluding carboxylic acids is 1. The average molecular weight is 326 g/mol. The summed E-state index contributed by atoms with van der Waals surface area (Å²) >= 11 is 0. The predicted molar refractivity (Wildman–Crippen MR) is 95.0 cm³/mol. The van der Waals surface area contributed by atoms with Gasteiger partial charge in [0.2, 0.25) is 0 Å². The van der Waals surface area contributed by atoms with E-state index in [1.54, 1.807) is 18.2 Å². The Balaban J connectivity index is 2.37. The van der Waals surface area contributed by atoms with Crippen LogP contribution in [0.3, 0.4) is 0 Å². The monoisotopic (exact) mass is 326 g/mol. The lowest BCUT2D eigenvalue weighted by molar-refractivity contribution is 0.104. The molecule has 1 N–H and O–H groups in total. The molecule has 24 heavy (non-hydrogen) atoms. The molecule has 0 aromatic heterocycles. The fraction of sp³-hybridized carbons (Fsp3) is 0.250. The van der Waals surface area contributed by atoms with Gasteiger partial charge >= 0.3 is 0 Å². The van der Waals surface area contributed by atoms with Crippen LogP contribution in [-0.4, -0.2) is 24.1 Å². The van der Waals surface area contributed by atoms with Crippen molar-refractivity contribution in [1.82, 2.24) is 0 Å². The van der Waals surface area contributed by atoms with Crippen LogP contribution in [0.15, 0.2) is 42.5 Å². The van der Waals surface area contributed by atoms with Crippen LogP contribution in [0.2, 0.25) is 0 Å². The fourth-order valence-corrected chi connectivity index (χ4v) is 2.35. The lowest BCUT2D eigenvalue weighted by Crippen LogP contribution is -2.01. The molecule has 0 aliphatic rings. The summed E-state index contributed by atoms with van der Waals surface area (Å²) in [5, 5.41) is 9.31. The van der Waals surface area contributed by atoms with Gasteiger partial charge < -0.3 is 14.6 Å². The first kappa shape index (κ1) is 17.6. The molecule has 0 amide bonds. The summed E-state index contributed by atoms with van der Waals surface area (Å²) in [6.45, 7) is 6.85. The highest BCUT2D eigenvalue weighted by molar-refractivity contribution is 6.07. The molecule has 0 spiro atoms. The number of ketones is 1. The van der Waals surface area contributed by atoms with E-state index in [1.165, 1.54) is 18.2 Å². The van der Waals surface area contributed by atoms with Crippen molar-refractivity contribution >= 4 is 11.9 Å². The van der Waals surface area contributed by atoms with Crippen molar-refractivity contribution in [2.45, 2.75) is 20.8 Å². The van der Waals surface area contributed by atoms with Gasteiger partial charge in [-0.25, -0.2) is 0 Å². The zero-order valence-corrected chi connectivity index (χ0v) is 14.2. The number of allylic oxidation sites excluding steroid dienone is 1. The highest BCUT2D eigenvalue weighted by atomic mass is 16.5. The predicted octanol–water partition coefficient (Wildman–Crippen LogP) is 4.39. The van der Waals surface area contributed by atoms with Crippen molar-refractivity contribution in [3.63, 3.8) is 0 Å². The molecule has 4 nitrogen and oxygen atoms in total. The molecule has 2 rings (SSSR count). The number of carbonyl (C=O) groups is 1. The largest absolute Gasteiger partial charge is 0.508 e. The maximum Gasteiger partial charge on any atom is 0.185 e. The summed E-state index contributed by atoms with van der Waals surface area (Å²) in [5.74, 6) is 1.38. The maximum absolute atomic E-state index is 12.3. The summed E-state index contributed by atoms with van der Waals surface area (Å²) in [7, 11) is 0. The molecule has 0 aliphatic carbocycles. The molecule has 0 bridgehead atoms. The number of rotatable bonds is 7. The van der Waals surface area contributed by atoms with E-state index in [-0.39, 0.29) is 11.5 Å². The number of aromatic hydroxyl groups is 1. The highest BCUT2D eigenvalue weighted by Gasteiger charge is 2.12. The second kappa shape index (κ2) is 8.20. The summed E-state index contributed by atoms with van der Waals surface area (Å²) in [6, 6.07) is 9.98. The molecule has 0 saturated heterocycles. The lowest BCUT2D eigenvalue weighted by atomic mass is 10.1. The fourth-order valence-electron chi connectivity index (χ4n) is 2.35. The Kier molecular flexibility index (Phi) is 6.01. The van der Waals surface area contributed by atoms with Gasteiger partial charge in [-0.2, -0.15) is 0 Å². The Morgan fingerprint density at radius 1 is 1.04 bits per heavy atom. The van der Waals surface area contributed by atoms with Crippen molar-refractivity contribution in [3.05, 3.63) is 59.2 Å². The van der Waals surface area contributed by atoms with Crippen molar-refractivity contribution in [2.75, 3.05) is 13.2 Å². The molecular weight excluding hydrogens is 304 g/mol. The summed E-state index contributed by atoms with van der Waals surface area (Å²) in [5.41, 5.74) is 2.25. The van der Waals surface area contributed by atoms with Gasteiger partial charge in [0.05, 0.1) is 18.8 Å². The standard InChI is InChI=1S/C20H22O4/c1-4-23-19-13-6-14(3)20(24-5-2)17(19)11-12-18(22)15-7-9-16(21)10-8-15/h6-13,21H,4-5H2,1-3H3. The minimum absolute atomic E-state index is 0.131. The Morgan fingerprint density at radius 3 is 2.33 bits per heavy atom. The molecule has 0 heterocycles. The number of aryl methyl sites for hydroxylation is 1. The van der Waals surface area contributed by atoms with Crippen molar-refractivity contribution in [2.24, 2.45) is 0 Å². The molecule has 0 saturated carbocycles. The van der Waals surface area contributed by atoms with E-state index in [9.17, 15) is 9.90 Å². The zero-order valence-electron chi connectivity index (χ0n) is 14.2. The zero-order chi connectivity index (χ0) is 17.5. The number of benzene rings is 2. The van der Waals surface area contributed by atoms with E-state index in [0.717, 1.165) is 16.9 Å². The normalized spacial score (nSPS) is 10.8. The SMILES string of the molecule is CCOc1ccc(C)c(OCC)c1C=CC(=O)c1ccc(O)cc1. The van der Waals surface area contributed by atoms with Crippen LogP contribution in [0, 0.1) is 6.92 Å². The molecule has 0 atom stereocenters. The number of hydrogen-bond acceptors (Lipinski definition) is 4. The first-order valence-electron chi connectivity index (χ1n) is 7.97. The van der Waals surface area contributed by atoms with Gasteiger partial charge in [-0.05, 0) is 68.8 Å². The third-order valence-corrected chi connectivity index (χ3v) is 3.49. The van der Waals surface area contributed by atoms with E-state index in [0.29, 0.717) is 24.5 Å². The van der Waals surface area contributed by atoms with Crippen molar-refractivity contribution in [1.29, 1.82) is 0 Å². The molecule has 0 fully saturated rings. The Hall–Kier alpha value is -2.75. The Morgan fingerprint density at radius 2 is 1.71 bits per heavy atom. The van der Waals surface area contributed by atoms with Crippen LogP contribution in [0.4, 0.5) is 0 Å². The molecule has 4 heteroatoms. The lowest BCUT2D eigenvalue weighted by Gasteiger charge is -2.15. The number of phenols is 1. The van der Waals surface area contributed by atoms with Gasteiger partial charge in [0, 0.05) is 5.56 Å². The van der Waals surface area contributed by atoms with Crippen LogP contribution in [0.25, 0.3) is 6.08 Å².